The number of methoxy groups -OCH3 is 4. The highest BCUT2D eigenvalue weighted by molar-refractivity contribution is 5.95. The van der Waals surface area contributed by atoms with Crippen LogP contribution in [0, 0.1) is 0 Å². The maximum atomic E-state index is 12.1. The third-order valence-electron chi connectivity index (χ3n) is 9.88. The Morgan fingerprint density at radius 3 is 0.965 bits per heavy atom. The molecule has 57 heavy (non-hydrogen) atoms. The normalized spacial score (nSPS) is 12.8. The Bertz CT molecular complexity index is 2200. The summed E-state index contributed by atoms with van der Waals surface area (Å²) in [5.41, 5.74) is 14.8. The van der Waals surface area contributed by atoms with Crippen molar-refractivity contribution in [2.24, 2.45) is 15.0 Å². The molecule has 0 amide bonds. The standard InChI is InChI=1S/C48H62N4O5/c1-45(2,3)33-17-29(41(54-13)37(49)21-33)25-50-38-22-34(46(4,5)6)18-30(42(38)55-14)26-51-39-23-35(47(7,8)9)19-31(43(39)56-15)27-52-40-24-36(48(10,11)12)20-32(28-53)44(40)57-16/h17-28H,49H2,1-16H3. The van der Waals surface area contributed by atoms with Crippen molar-refractivity contribution in [3.05, 3.63) is 93.0 Å². The van der Waals surface area contributed by atoms with Crippen LogP contribution in [0.1, 0.15) is 132 Å². The largest absolute Gasteiger partial charge is 0.494 e. The van der Waals surface area contributed by atoms with Gasteiger partial charge in [0.05, 0.1) is 39.7 Å². The fraction of sp³-hybridized carbons (Fsp3) is 0.417. The van der Waals surface area contributed by atoms with Gasteiger partial charge in [0.15, 0.2) is 29.3 Å². The zero-order chi connectivity index (χ0) is 42.7. The van der Waals surface area contributed by atoms with Crippen LogP contribution in [0.15, 0.2) is 63.5 Å². The first-order valence-electron chi connectivity index (χ1n) is 19.2. The quantitative estimate of drug-likeness (QED) is 0.0921. The molecule has 0 saturated heterocycles. The van der Waals surface area contributed by atoms with E-state index in [0.717, 1.165) is 45.2 Å². The molecule has 304 valence electrons. The summed E-state index contributed by atoms with van der Waals surface area (Å²) in [6.45, 7) is 25.6. The van der Waals surface area contributed by atoms with Gasteiger partial charge < -0.3 is 24.7 Å². The lowest BCUT2D eigenvalue weighted by Crippen LogP contribution is -2.13. The summed E-state index contributed by atoms with van der Waals surface area (Å²) in [6.07, 6.45) is 6.12. The van der Waals surface area contributed by atoms with Crippen molar-refractivity contribution >= 4 is 47.7 Å². The second-order valence-electron chi connectivity index (χ2n) is 18.4. The Morgan fingerprint density at radius 1 is 0.421 bits per heavy atom. The number of rotatable bonds is 11. The molecule has 0 bridgehead atoms. The Labute approximate surface area is 340 Å². The van der Waals surface area contributed by atoms with Gasteiger partial charge in [-0.15, -0.1) is 0 Å². The van der Waals surface area contributed by atoms with Gasteiger partial charge >= 0.3 is 0 Å². The molecule has 4 aromatic carbocycles. The van der Waals surface area contributed by atoms with Crippen LogP contribution in [0.2, 0.25) is 0 Å². The zero-order valence-electron chi connectivity index (χ0n) is 36.9. The summed E-state index contributed by atoms with van der Waals surface area (Å²) in [4.78, 5) is 27.0. The molecule has 9 heteroatoms. The zero-order valence-corrected chi connectivity index (χ0v) is 36.9. The predicted octanol–water partition coefficient (Wildman–Crippen LogP) is 11.6. The fourth-order valence-corrected chi connectivity index (χ4v) is 6.30. The van der Waals surface area contributed by atoms with Crippen molar-refractivity contribution in [1.29, 1.82) is 0 Å². The lowest BCUT2D eigenvalue weighted by Gasteiger charge is -2.23. The number of anilines is 1. The van der Waals surface area contributed by atoms with Crippen LogP contribution < -0.4 is 24.7 Å². The van der Waals surface area contributed by atoms with Crippen LogP contribution in [-0.2, 0) is 21.7 Å². The van der Waals surface area contributed by atoms with Crippen LogP contribution in [0.4, 0.5) is 22.7 Å². The van der Waals surface area contributed by atoms with Crippen molar-refractivity contribution in [1.82, 2.24) is 0 Å². The van der Waals surface area contributed by atoms with Gasteiger partial charge in [0.2, 0.25) is 0 Å². The smallest absolute Gasteiger partial charge is 0.154 e. The molecule has 0 fully saturated rings. The van der Waals surface area contributed by atoms with E-state index in [1.807, 2.05) is 30.3 Å². The van der Waals surface area contributed by atoms with Gasteiger partial charge in [0.1, 0.15) is 17.1 Å². The Hall–Kier alpha value is -5.44. The van der Waals surface area contributed by atoms with Crippen molar-refractivity contribution < 1.29 is 23.7 Å². The molecule has 0 aliphatic rings. The van der Waals surface area contributed by atoms with Gasteiger partial charge in [-0.3, -0.25) is 19.8 Å². The van der Waals surface area contributed by atoms with E-state index in [9.17, 15) is 4.79 Å². The molecule has 0 aliphatic heterocycles. The Kier molecular flexibility index (Phi) is 13.2. The Morgan fingerprint density at radius 2 is 0.684 bits per heavy atom. The molecule has 0 heterocycles. The first-order chi connectivity index (χ1) is 26.5. The van der Waals surface area contributed by atoms with Gasteiger partial charge in [-0.05, 0) is 92.4 Å². The first-order valence-corrected chi connectivity index (χ1v) is 19.2. The van der Waals surface area contributed by atoms with Gasteiger partial charge in [0.25, 0.3) is 0 Å². The van der Waals surface area contributed by atoms with E-state index < -0.39 is 0 Å². The van der Waals surface area contributed by atoms with Crippen LogP contribution in [0.5, 0.6) is 23.0 Å². The number of aldehydes is 1. The molecule has 2 N–H and O–H groups in total. The van der Waals surface area contributed by atoms with E-state index in [0.29, 0.717) is 51.3 Å². The molecule has 0 unspecified atom stereocenters. The number of carbonyl (C=O) groups is 1. The lowest BCUT2D eigenvalue weighted by molar-refractivity contribution is 0.112. The molecule has 4 aromatic rings. The third kappa shape index (κ3) is 10.3. The molecule has 0 spiro atoms. The predicted molar refractivity (Wildman–Crippen MR) is 238 cm³/mol. The number of nitrogens with two attached hydrogens (primary N) is 1. The third-order valence-corrected chi connectivity index (χ3v) is 9.88. The maximum Gasteiger partial charge on any atom is 0.154 e. The molecule has 0 saturated carbocycles. The summed E-state index contributed by atoms with van der Waals surface area (Å²) >= 11 is 0. The van der Waals surface area contributed by atoms with Crippen LogP contribution in [0.25, 0.3) is 0 Å². The van der Waals surface area contributed by atoms with E-state index in [4.69, 9.17) is 39.7 Å². The van der Waals surface area contributed by atoms with Gasteiger partial charge in [0, 0.05) is 35.3 Å². The summed E-state index contributed by atoms with van der Waals surface area (Å²) in [7, 11) is 6.41. The number of ether oxygens (including phenoxy) is 4. The Balaban J connectivity index is 1.93. The highest BCUT2D eigenvalue weighted by Crippen LogP contribution is 2.41. The molecule has 0 aromatic heterocycles. The minimum Gasteiger partial charge on any atom is -0.494 e. The van der Waals surface area contributed by atoms with Crippen LogP contribution in [-0.4, -0.2) is 53.4 Å². The maximum absolute atomic E-state index is 12.1. The number of nitrogens with zero attached hydrogens (tertiary/aromatic N) is 3. The minimum absolute atomic E-state index is 0.127. The highest BCUT2D eigenvalue weighted by atomic mass is 16.5. The van der Waals surface area contributed by atoms with Crippen molar-refractivity contribution in [2.45, 2.75) is 105 Å². The number of hydrogen-bond donors (Lipinski definition) is 1. The average Bonchev–Trinajstić information content (AvgIpc) is 3.12. The molecule has 9 nitrogen and oxygen atoms in total. The minimum atomic E-state index is -0.228. The van der Waals surface area contributed by atoms with Gasteiger partial charge in [-0.2, -0.15) is 0 Å². The monoisotopic (exact) mass is 774 g/mol. The average molecular weight is 775 g/mol. The van der Waals surface area contributed by atoms with E-state index in [1.165, 1.54) is 0 Å². The topological polar surface area (TPSA) is 117 Å². The first kappa shape index (κ1) is 44.3. The number of carbonyl (C=O) groups excluding carboxylic acids is 1. The molecule has 0 radical (unpaired) electrons. The number of benzene rings is 4. The lowest BCUT2D eigenvalue weighted by atomic mass is 9.85. The molecular formula is C48H62N4O5. The van der Waals surface area contributed by atoms with Crippen LogP contribution >= 0.6 is 0 Å². The van der Waals surface area contributed by atoms with Gasteiger partial charge in [-0.1, -0.05) is 83.1 Å². The second kappa shape index (κ2) is 17.0. The summed E-state index contributed by atoms with van der Waals surface area (Å²) in [5, 5.41) is 0. The van der Waals surface area contributed by atoms with E-state index >= 15 is 0 Å². The fourth-order valence-electron chi connectivity index (χ4n) is 6.30. The van der Waals surface area contributed by atoms with Crippen molar-refractivity contribution in [3.8, 4) is 23.0 Å². The highest BCUT2D eigenvalue weighted by Gasteiger charge is 2.23. The second-order valence-corrected chi connectivity index (χ2v) is 18.4. The van der Waals surface area contributed by atoms with E-state index in [2.05, 4.69) is 101 Å². The SMILES string of the molecule is COc1c(N)cc(C(C)(C)C)cc1C=Nc1cc(C(C)(C)C)cc(C=Nc2cc(C(C)(C)C)cc(C=Nc3cc(C(C)(C)C)cc(C=O)c3OC)c2OC)c1OC. The summed E-state index contributed by atoms with van der Waals surface area (Å²) in [5.74, 6) is 2.07. The summed E-state index contributed by atoms with van der Waals surface area (Å²) < 4.78 is 23.5. The van der Waals surface area contributed by atoms with Gasteiger partial charge in [-0.25, -0.2) is 0 Å². The van der Waals surface area contributed by atoms with Crippen molar-refractivity contribution in [3.63, 3.8) is 0 Å². The molecule has 0 aliphatic carbocycles. The number of nitrogen functional groups attached to an aromatic ring is 1. The van der Waals surface area contributed by atoms with Crippen LogP contribution in [0.3, 0.4) is 0 Å². The van der Waals surface area contributed by atoms with E-state index in [1.54, 1.807) is 47.1 Å². The van der Waals surface area contributed by atoms with E-state index in [-0.39, 0.29) is 21.7 Å². The molecule has 4 rings (SSSR count). The summed E-state index contributed by atoms with van der Waals surface area (Å²) in [6, 6.07) is 16.1. The number of hydrogen-bond acceptors (Lipinski definition) is 9. The number of aliphatic imine (C=N–C) groups is 3. The molecular weight excluding hydrogens is 713 g/mol. The molecule has 0 atom stereocenters. The van der Waals surface area contributed by atoms with Crippen molar-refractivity contribution in [2.75, 3.05) is 34.2 Å².